The van der Waals surface area contributed by atoms with Gasteiger partial charge in [0.05, 0.1) is 16.8 Å². The second-order valence-corrected chi connectivity index (χ2v) is 10.3. The molecule has 0 radical (unpaired) electrons. The van der Waals surface area contributed by atoms with E-state index in [9.17, 15) is 9.90 Å². The van der Waals surface area contributed by atoms with Gasteiger partial charge in [-0.05, 0) is 43.4 Å². The first-order valence-electron chi connectivity index (χ1n) is 13.1. The lowest BCUT2D eigenvalue weighted by molar-refractivity contribution is 0.0838. The fraction of sp³-hybridized carbons (Fsp3) is 0.481. The summed E-state index contributed by atoms with van der Waals surface area (Å²) in [6.07, 6.45) is 7.47. The Morgan fingerprint density at radius 1 is 1.29 bits per heavy atom. The number of hydrogen-bond acceptors (Lipinski definition) is 9. The van der Waals surface area contributed by atoms with Crippen LogP contribution in [0, 0.1) is 6.92 Å². The molecule has 2 aliphatic rings. The number of benzene rings is 1. The van der Waals surface area contributed by atoms with Gasteiger partial charge in [-0.3, -0.25) is 9.69 Å². The van der Waals surface area contributed by atoms with E-state index in [4.69, 9.17) is 20.8 Å². The van der Waals surface area contributed by atoms with Crippen molar-refractivity contribution >= 4 is 23.3 Å². The van der Waals surface area contributed by atoms with E-state index >= 15 is 0 Å². The maximum atomic E-state index is 12.6. The number of amides is 1. The largest absolute Gasteiger partial charge is 0.484 e. The molecule has 1 saturated carbocycles. The molecular weight excluding hydrogens is 508 g/mol. The Morgan fingerprint density at radius 2 is 2.13 bits per heavy atom. The highest BCUT2D eigenvalue weighted by atomic mass is 35.5. The molecule has 0 spiro atoms. The van der Waals surface area contributed by atoms with Crippen molar-refractivity contribution in [2.45, 2.75) is 64.3 Å². The number of fused-ring (bicyclic) bond motifs is 1. The van der Waals surface area contributed by atoms with Crippen LogP contribution in [0.15, 0.2) is 35.3 Å². The summed E-state index contributed by atoms with van der Waals surface area (Å²) in [5.41, 5.74) is 3.24. The summed E-state index contributed by atoms with van der Waals surface area (Å²) in [7, 11) is 0. The van der Waals surface area contributed by atoms with Crippen LogP contribution in [0.25, 0.3) is 0 Å². The Morgan fingerprint density at radius 3 is 2.92 bits per heavy atom. The number of anilines is 1. The Labute approximate surface area is 226 Å². The third kappa shape index (κ3) is 6.43. The van der Waals surface area contributed by atoms with Gasteiger partial charge in [0.2, 0.25) is 0 Å². The van der Waals surface area contributed by atoms with Gasteiger partial charge in [0, 0.05) is 38.3 Å². The molecule has 3 N–H and O–H groups in total. The molecule has 0 bridgehead atoms. The minimum atomic E-state index is -0.721. The predicted molar refractivity (Wildman–Crippen MR) is 142 cm³/mol. The number of aromatic nitrogens is 3. The molecule has 1 atom stereocenters. The average molecular weight is 541 g/mol. The number of aliphatic hydroxyl groups excluding tert-OH is 1. The summed E-state index contributed by atoms with van der Waals surface area (Å²) in [6.45, 7) is 4.09. The zero-order valence-corrected chi connectivity index (χ0v) is 22.2. The number of ether oxygens (including phenoxy) is 1. The van der Waals surface area contributed by atoms with E-state index in [1.54, 1.807) is 6.07 Å². The van der Waals surface area contributed by atoms with Crippen LogP contribution in [-0.2, 0) is 19.6 Å². The molecule has 1 aliphatic carbocycles. The first-order valence-corrected chi connectivity index (χ1v) is 13.4. The molecule has 3 aromatic rings. The van der Waals surface area contributed by atoms with Gasteiger partial charge in [0.15, 0.2) is 12.2 Å². The Balaban J connectivity index is 1.10. The number of nitrogens with one attached hydrogen (secondary N) is 2. The molecule has 3 heterocycles. The molecule has 38 heavy (non-hydrogen) atoms. The quantitative estimate of drug-likeness (QED) is 0.354. The van der Waals surface area contributed by atoms with E-state index in [0.29, 0.717) is 41.5 Å². The summed E-state index contributed by atoms with van der Waals surface area (Å²) < 4.78 is 11.2. The van der Waals surface area contributed by atoms with Gasteiger partial charge in [-0.2, -0.15) is 0 Å². The van der Waals surface area contributed by atoms with E-state index < -0.39 is 6.10 Å². The molecule has 2 aromatic heterocycles. The topological polar surface area (TPSA) is 126 Å². The van der Waals surface area contributed by atoms with Gasteiger partial charge < -0.3 is 24.9 Å². The fourth-order valence-corrected chi connectivity index (χ4v) is 5.36. The zero-order valence-electron chi connectivity index (χ0n) is 21.5. The number of carbonyl (C=O) groups is 1. The Kier molecular flexibility index (Phi) is 8.41. The number of hydrogen-bond donors (Lipinski definition) is 3. The van der Waals surface area contributed by atoms with Crippen LogP contribution in [-0.4, -0.2) is 62.6 Å². The van der Waals surface area contributed by atoms with Gasteiger partial charge in [0.25, 0.3) is 5.91 Å². The standard InChI is InChI=1S/C27H33ClN6O4/c1-17-24(38-16-32-17)14-37-23-7-6-18-12-34(9-8-21(18)26(23)28)13-20(35)11-29-27(36)22-10-25(31-15-30-22)33-19-4-2-3-5-19/h6-7,10,15-16,19-20,35H,2-5,8-9,11-14H2,1H3,(H,29,36)(H,30,31,33)/t20-/m0/s1. The lowest BCUT2D eigenvalue weighted by atomic mass is 9.99. The molecule has 1 aliphatic heterocycles. The number of rotatable bonds is 10. The van der Waals surface area contributed by atoms with Crippen LogP contribution in [0.3, 0.4) is 0 Å². The molecule has 11 heteroatoms. The number of halogens is 1. The first-order chi connectivity index (χ1) is 18.5. The maximum Gasteiger partial charge on any atom is 0.270 e. The van der Waals surface area contributed by atoms with Crippen LogP contribution < -0.4 is 15.4 Å². The first kappa shape index (κ1) is 26.4. The lowest BCUT2D eigenvalue weighted by Crippen LogP contribution is -2.42. The van der Waals surface area contributed by atoms with Crippen LogP contribution in [0.2, 0.25) is 5.02 Å². The third-order valence-electron chi connectivity index (χ3n) is 7.15. The molecule has 1 amide bonds. The molecule has 0 saturated heterocycles. The minimum Gasteiger partial charge on any atom is -0.484 e. The molecule has 0 unspecified atom stereocenters. The number of aliphatic hydroxyl groups is 1. The van der Waals surface area contributed by atoms with E-state index in [2.05, 4.69) is 30.5 Å². The number of carbonyl (C=O) groups excluding carboxylic acids is 1. The van der Waals surface area contributed by atoms with Crippen molar-refractivity contribution in [2.24, 2.45) is 0 Å². The molecule has 5 rings (SSSR count). The summed E-state index contributed by atoms with van der Waals surface area (Å²) in [5.74, 6) is 1.62. The van der Waals surface area contributed by atoms with Gasteiger partial charge in [-0.1, -0.05) is 30.5 Å². The Bertz CT molecular complexity index is 1260. The third-order valence-corrected chi connectivity index (χ3v) is 7.57. The van der Waals surface area contributed by atoms with Gasteiger partial charge in [-0.15, -0.1) is 0 Å². The predicted octanol–water partition coefficient (Wildman–Crippen LogP) is 3.51. The van der Waals surface area contributed by atoms with E-state index in [-0.39, 0.29) is 24.8 Å². The van der Waals surface area contributed by atoms with Crippen molar-refractivity contribution < 1.29 is 19.1 Å². The zero-order chi connectivity index (χ0) is 26.5. The van der Waals surface area contributed by atoms with Crippen LogP contribution in [0.5, 0.6) is 5.75 Å². The molecule has 1 aromatic carbocycles. The summed E-state index contributed by atoms with van der Waals surface area (Å²) in [4.78, 5) is 27.2. The number of nitrogens with zero attached hydrogens (tertiary/aromatic N) is 4. The highest BCUT2D eigenvalue weighted by Gasteiger charge is 2.23. The highest BCUT2D eigenvalue weighted by Crippen LogP contribution is 2.34. The summed E-state index contributed by atoms with van der Waals surface area (Å²) >= 11 is 6.66. The summed E-state index contributed by atoms with van der Waals surface area (Å²) in [5, 5.41) is 17.4. The molecule has 202 valence electrons. The average Bonchev–Trinajstić information content (AvgIpc) is 3.58. The SMILES string of the molecule is Cc1ncoc1COc1ccc2c(c1Cl)CCN(C[C@@H](O)CNC(=O)c1cc(NC3CCCC3)ncn1)C2. The van der Waals surface area contributed by atoms with E-state index in [0.717, 1.165) is 42.6 Å². The van der Waals surface area contributed by atoms with Gasteiger partial charge in [0.1, 0.15) is 30.2 Å². The monoisotopic (exact) mass is 540 g/mol. The van der Waals surface area contributed by atoms with Crippen LogP contribution >= 0.6 is 11.6 Å². The number of β-amino-alcohol motifs (C(OH)–C–C–N with tert-alkyl or cyclic N) is 1. The highest BCUT2D eigenvalue weighted by molar-refractivity contribution is 6.33. The second-order valence-electron chi connectivity index (χ2n) is 9.93. The number of oxazole rings is 1. The lowest BCUT2D eigenvalue weighted by Gasteiger charge is -2.31. The smallest absolute Gasteiger partial charge is 0.270 e. The molecular formula is C27H33ClN6O4. The van der Waals surface area contributed by atoms with Crippen molar-refractivity contribution in [1.29, 1.82) is 0 Å². The van der Waals surface area contributed by atoms with Crippen molar-refractivity contribution in [3.05, 3.63) is 64.2 Å². The molecule has 10 nitrogen and oxygen atoms in total. The number of aryl methyl sites for hydroxylation is 1. The van der Waals surface area contributed by atoms with E-state index in [1.807, 2.05) is 19.1 Å². The van der Waals surface area contributed by atoms with Gasteiger partial charge >= 0.3 is 0 Å². The van der Waals surface area contributed by atoms with Crippen molar-refractivity contribution in [2.75, 3.05) is 25.0 Å². The fourth-order valence-electron chi connectivity index (χ4n) is 5.03. The minimum absolute atomic E-state index is 0.131. The van der Waals surface area contributed by atoms with Crippen molar-refractivity contribution in [3.63, 3.8) is 0 Å². The van der Waals surface area contributed by atoms with Crippen LogP contribution in [0.1, 0.15) is 58.8 Å². The summed E-state index contributed by atoms with van der Waals surface area (Å²) in [6, 6.07) is 5.94. The Hall–Kier alpha value is -3.21. The van der Waals surface area contributed by atoms with Crippen molar-refractivity contribution in [3.8, 4) is 5.75 Å². The maximum absolute atomic E-state index is 12.6. The van der Waals surface area contributed by atoms with Crippen molar-refractivity contribution in [1.82, 2.24) is 25.2 Å². The normalized spacial score (nSPS) is 16.7. The molecule has 1 fully saturated rings. The van der Waals surface area contributed by atoms with E-state index in [1.165, 1.54) is 25.6 Å². The second kappa shape index (κ2) is 12.1. The van der Waals surface area contributed by atoms with Crippen LogP contribution in [0.4, 0.5) is 5.82 Å². The van der Waals surface area contributed by atoms with Gasteiger partial charge in [-0.25, -0.2) is 15.0 Å².